The molecule has 27 heavy (non-hydrogen) atoms. The van der Waals surface area contributed by atoms with Crippen molar-refractivity contribution in [1.29, 1.82) is 0 Å². The molecule has 1 saturated heterocycles. The lowest BCUT2D eigenvalue weighted by Gasteiger charge is -2.24. The molecule has 0 amide bonds. The molecular weight excluding hydrogens is 340 g/mol. The van der Waals surface area contributed by atoms with Crippen molar-refractivity contribution < 1.29 is 9.15 Å². The van der Waals surface area contributed by atoms with E-state index in [9.17, 15) is 0 Å². The van der Waals surface area contributed by atoms with Gasteiger partial charge in [-0.2, -0.15) is 0 Å². The molecule has 0 spiro atoms. The van der Waals surface area contributed by atoms with Crippen molar-refractivity contribution in [3.63, 3.8) is 0 Å². The van der Waals surface area contributed by atoms with Crippen LogP contribution in [-0.2, 0) is 4.74 Å². The van der Waals surface area contributed by atoms with E-state index in [2.05, 4.69) is 28.5 Å². The van der Waals surface area contributed by atoms with Crippen LogP contribution in [0, 0.1) is 0 Å². The van der Waals surface area contributed by atoms with Crippen LogP contribution in [0.5, 0.6) is 0 Å². The SMILES string of the molecule is CCNC(=NCC(c1ccco1)N1CCCC1)NCCCOC1CCCC1. The monoisotopic (exact) mass is 376 g/mol. The summed E-state index contributed by atoms with van der Waals surface area (Å²) in [6.07, 6.45) is 10.9. The van der Waals surface area contributed by atoms with Crippen LogP contribution in [0.2, 0.25) is 0 Å². The second kappa shape index (κ2) is 11.3. The first kappa shape index (κ1) is 20.2. The number of furan rings is 1. The summed E-state index contributed by atoms with van der Waals surface area (Å²) in [6, 6.07) is 4.26. The topological polar surface area (TPSA) is 62.0 Å². The molecular formula is C21H36N4O2. The lowest BCUT2D eigenvalue weighted by molar-refractivity contribution is 0.0574. The van der Waals surface area contributed by atoms with Gasteiger partial charge in [0.15, 0.2) is 5.96 Å². The molecule has 3 rings (SSSR count). The van der Waals surface area contributed by atoms with Crippen molar-refractivity contribution in [2.75, 3.05) is 39.3 Å². The molecule has 6 nitrogen and oxygen atoms in total. The van der Waals surface area contributed by atoms with Gasteiger partial charge in [0.25, 0.3) is 0 Å². The molecule has 6 heteroatoms. The average molecular weight is 377 g/mol. The Bertz CT molecular complexity index is 534. The standard InChI is InChI=1S/C21H36N4O2/c1-2-22-21(23-12-8-16-26-18-9-3-4-10-18)24-17-19(20-11-7-15-27-20)25-13-5-6-14-25/h7,11,15,18-19H,2-6,8-10,12-14,16-17H2,1H3,(H2,22,23,24). The van der Waals surface area contributed by atoms with E-state index in [0.717, 1.165) is 50.9 Å². The van der Waals surface area contributed by atoms with Gasteiger partial charge in [0, 0.05) is 19.7 Å². The van der Waals surface area contributed by atoms with Gasteiger partial charge in [-0.15, -0.1) is 0 Å². The maximum atomic E-state index is 5.94. The molecule has 2 aliphatic rings. The second-order valence-electron chi connectivity index (χ2n) is 7.55. The van der Waals surface area contributed by atoms with Gasteiger partial charge in [-0.25, -0.2) is 0 Å². The van der Waals surface area contributed by atoms with Crippen molar-refractivity contribution >= 4 is 5.96 Å². The van der Waals surface area contributed by atoms with E-state index in [-0.39, 0.29) is 6.04 Å². The molecule has 1 unspecified atom stereocenters. The van der Waals surface area contributed by atoms with Crippen LogP contribution in [0.3, 0.4) is 0 Å². The number of nitrogens with zero attached hydrogens (tertiary/aromatic N) is 2. The quantitative estimate of drug-likeness (QED) is 0.373. The summed E-state index contributed by atoms with van der Waals surface area (Å²) in [5, 5.41) is 6.80. The summed E-state index contributed by atoms with van der Waals surface area (Å²) in [4.78, 5) is 7.33. The predicted molar refractivity (Wildman–Crippen MR) is 109 cm³/mol. The van der Waals surface area contributed by atoms with Gasteiger partial charge in [0.2, 0.25) is 0 Å². The Labute approximate surface area is 163 Å². The van der Waals surface area contributed by atoms with E-state index in [0.29, 0.717) is 12.6 Å². The van der Waals surface area contributed by atoms with Gasteiger partial charge in [-0.1, -0.05) is 12.8 Å². The highest BCUT2D eigenvalue weighted by molar-refractivity contribution is 5.79. The zero-order valence-corrected chi connectivity index (χ0v) is 16.8. The first-order valence-corrected chi connectivity index (χ1v) is 10.8. The molecule has 1 saturated carbocycles. The van der Waals surface area contributed by atoms with Crippen LogP contribution in [0.1, 0.15) is 63.7 Å². The fourth-order valence-corrected chi connectivity index (χ4v) is 4.02. The van der Waals surface area contributed by atoms with E-state index in [4.69, 9.17) is 14.1 Å². The lowest BCUT2D eigenvalue weighted by atomic mass is 10.2. The summed E-state index contributed by atoms with van der Waals surface area (Å²) in [5.74, 6) is 1.90. The van der Waals surface area contributed by atoms with Gasteiger partial charge >= 0.3 is 0 Å². The number of hydrogen-bond acceptors (Lipinski definition) is 4. The fourth-order valence-electron chi connectivity index (χ4n) is 4.02. The van der Waals surface area contributed by atoms with E-state index < -0.39 is 0 Å². The van der Waals surface area contributed by atoms with E-state index in [1.54, 1.807) is 6.26 Å². The minimum absolute atomic E-state index is 0.226. The number of aliphatic imine (C=N–C) groups is 1. The fraction of sp³-hybridized carbons (Fsp3) is 0.762. The van der Waals surface area contributed by atoms with Crippen LogP contribution in [0.4, 0.5) is 0 Å². The molecule has 2 N–H and O–H groups in total. The Balaban J connectivity index is 1.45. The zero-order valence-electron chi connectivity index (χ0n) is 16.8. The van der Waals surface area contributed by atoms with Gasteiger partial charge < -0.3 is 19.8 Å². The Morgan fingerprint density at radius 3 is 2.78 bits per heavy atom. The van der Waals surface area contributed by atoms with Crippen molar-refractivity contribution in [3.8, 4) is 0 Å². The maximum Gasteiger partial charge on any atom is 0.191 e. The molecule has 1 aliphatic heterocycles. The molecule has 152 valence electrons. The molecule has 2 heterocycles. The van der Waals surface area contributed by atoms with Crippen molar-refractivity contribution in [2.45, 2.75) is 64.0 Å². The van der Waals surface area contributed by atoms with E-state index >= 15 is 0 Å². The first-order valence-electron chi connectivity index (χ1n) is 10.8. The van der Waals surface area contributed by atoms with E-state index in [1.165, 1.54) is 38.5 Å². The summed E-state index contributed by atoms with van der Waals surface area (Å²) in [6.45, 7) is 7.64. The van der Waals surface area contributed by atoms with Crippen LogP contribution in [-0.4, -0.2) is 56.3 Å². The third kappa shape index (κ3) is 6.54. The van der Waals surface area contributed by atoms with Crippen LogP contribution in [0.25, 0.3) is 0 Å². The second-order valence-corrected chi connectivity index (χ2v) is 7.55. The third-order valence-electron chi connectivity index (χ3n) is 5.49. The first-order chi connectivity index (χ1) is 13.4. The van der Waals surface area contributed by atoms with Crippen LogP contribution < -0.4 is 10.6 Å². The Hall–Kier alpha value is -1.53. The van der Waals surface area contributed by atoms with Gasteiger partial charge in [0.1, 0.15) is 5.76 Å². The molecule has 0 bridgehead atoms. The number of hydrogen-bond donors (Lipinski definition) is 2. The molecule has 1 aromatic rings. The van der Waals surface area contributed by atoms with Crippen molar-refractivity contribution in [1.82, 2.24) is 15.5 Å². The highest BCUT2D eigenvalue weighted by Crippen LogP contribution is 2.25. The van der Waals surface area contributed by atoms with Crippen LogP contribution >= 0.6 is 0 Å². The van der Waals surface area contributed by atoms with Crippen molar-refractivity contribution in [3.05, 3.63) is 24.2 Å². The smallest absolute Gasteiger partial charge is 0.191 e. The number of ether oxygens (including phenoxy) is 1. The number of guanidine groups is 1. The zero-order chi connectivity index (χ0) is 18.7. The molecule has 1 aliphatic carbocycles. The molecule has 1 atom stereocenters. The Morgan fingerprint density at radius 2 is 2.07 bits per heavy atom. The van der Waals surface area contributed by atoms with Crippen LogP contribution in [0.15, 0.2) is 27.8 Å². The van der Waals surface area contributed by atoms with Crippen molar-refractivity contribution in [2.24, 2.45) is 4.99 Å². The normalized spacial score (nSPS) is 20.3. The molecule has 2 fully saturated rings. The number of likely N-dealkylation sites (tertiary alicyclic amines) is 1. The minimum atomic E-state index is 0.226. The third-order valence-corrected chi connectivity index (χ3v) is 5.49. The Kier molecular flexibility index (Phi) is 8.49. The molecule has 1 aromatic heterocycles. The lowest BCUT2D eigenvalue weighted by Crippen LogP contribution is -2.39. The molecule has 0 radical (unpaired) electrons. The largest absolute Gasteiger partial charge is 0.468 e. The summed E-state index contributed by atoms with van der Waals surface area (Å²) >= 11 is 0. The van der Waals surface area contributed by atoms with Gasteiger partial charge in [0.05, 0.1) is 25.0 Å². The molecule has 0 aromatic carbocycles. The number of nitrogens with one attached hydrogen (secondary N) is 2. The maximum absolute atomic E-state index is 5.94. The van der Waals surface area contributed by atoms with Gasteiger partial charge in [-0.3, -0.25) is 9.89 Å². The highest BCUT2D eigenvalue weighted by Gasteiger charge is 2.25. The highest BCUT2D eigenvalue weighted by atomic mass is 16.5. The summed E-state index contributed by atoms with van der Waals surface area (Å²) < 4.78 is 11.6. The average Bonchev–Trinajstić information content (AvgIpc) is 3.44. The van der Waals surface area contributed by atoms with E-state index in [1.807, 2.05) is 6.07 Å². The van der Waals surface area contributed by atoms with Gasteiger partial charge in [-0.05, 0) is 64.3 Å². The number of rotatable bonds is 10. The minimum Gasteiger partial charge on any atom is -0.468 e. The predicted octanol–water partition coefficient (Wildman–Crippen LogP) is 3.32. The Morgan fingerprint density at radius 1 is 1.26 bits per heavy atom. The summed E-state index contributed by atoms with van der Waals surface area (Å²) in [5.41, 5.74) is 0. The summed E-state index contributed by atoms with van der Waals surface area (Å²) in [7, 11) is 0.